The van der Waals surface area contributed by atoms with Crippen molar-refractivity contribution in [3.63, 3.8) is 0 Å². The summed E-state index contributed by atoms with van der Waals surface area (Å²) in [7, 11) is -2.54. The summed E-state index contributed by atoms with van der Waals surface area (Å²) in [6.07, 6.45) is -0.657. The molecule has 0 saturated heterocycles. The molecule has 1 atom stereocenters. The molecule has 1 aliphatic rings. The number of carboxylic acid groups (broad SMARTS) is 1. The normalized spacial score (nSPS) is 15.6. The minimum atomic E-state index is -4.09. The number of sulfonamides is 1. The summed E-state index contributed by atoms with van der Waals surface area (Å²) in [5.74, 6) is -0.0272. The van der Waals surface area contributed by atoms with E-state index in [4.69, 9.17) is 14.6 Å². The lowest BCUT2D eigenvalue weighted by atomic mass is 10.2. The van der Waals surface area contributed by atoms with Gasteiger partial charge in [0.25, 0.3) is 10.0 Å². The number of hydrogen-bond donors (Lipinski definition) is 3. The second-order valence-electron chi connectivity index (χ2n) is 7.14. The summed E-state index contributed by atoms with van der Waals surface area (Å²) in [4.78, 5) is 22.4. The molecule has 32 heavy (non-hydrogen) atoms. The fourth-order valence-electron chi connectivity index (χ4n) is 3.31. The van der Waals surface area contributed by atoms with E-state index in [0.717, 1.165) is 4.31 Å². The zero-order valence-electron chi connectivity index (χ0n) is 17.9. The van der Waals surface area contributed by atoms with Gasteiger partial charge in [-0.05, 0) is 25.1 Å². The largest absolute Gasteiger partial charge is 0.484 e. The Morgan fingerprint density at radius 1 is 1.38 bits per heavy atom. The Bertz CT molecular complexity index is 1120. The van der Waals surface area contributed by atoms with Crippen molar-refractivity contribution in [1.29, 1.82) is 0 Å². The van der Waals surface area contributed by atoms with E-state index < -0.39 is 22.2 Å². The van der Waals surface area contributed by atoms with Crippen LogP contribution in [-0.4, -0.2) is 68.2 Å². The van der Waals surface area contributed by atoms with Gasteiger partial charge < -0.3 is 19.9 Å². The maximum absolute atomic E-state index is 13.6. The van der Waals surface area contributed by atoms with Crippen LogP contribution in [0.25, 0.3) is 0 Å². The molecule has 2 heterocycles. The molecular weight excluding hydrogens is 442 g/mol. The van der Waals surface area contributed by atoms with Crippen LogP contribution < -0.4 is 19.7 Å². The maximum atomic E-state index is 13.6. The minimum absolute atomic E-state index is 0.0105. The van der Waals surface area contributed by atoms with Gasteiger partial charge >= 0.3 is 6.09 Å². The summed E-state index contributed by atoms with van der Waals surface area (Å²) in [5.41, 5.74) is 0.806. The van der Waals surface area contributed by atoms with Crippen LogP contribution in [0.2, 0.25) is 0 Å². The van der Waals surface area contributed by atoms with Gasteiger partial charge in [-0.1, -0.05) is 0 Å². The number of nitrogens with zero attached hydrogens (tertiary/aromatic N) is 3. The Morgan fingerprint density at radius 2 is 2.12 bits per heavy atom. The van der Waals surface area contributed by atoms with E-state index in [2.05, 4.69) is 15.7 Å². The van der Waals surface area contributed by atoms with Crippen LogP contribution in [0.5, 0.6) is 5.75 Å². The molecule has 13 heteroatoms. The third-order valence-electron chi connectivity index (χ3n) is 4.85. The van der Waals surface area contributed by atoms with Gasteiger partial charge in [0, 0.05) is 19.7 Å². The number of carbonyl (C=O) groups excluding carboxylic acids is 1. The van der Waals surface area contributed by atoms with Gasteiger partial charge in [-0.15, -0.1) is 0 Å². The molecule has 0 fully saturated rings. The van der Waals surface area contributed by atoms with Crippen molar-refractivity contribution in [3.05, 3.63) is 30.1 Å². The summed E-state index contributed by atoms with van der Waals surface area (Å²) in [6.45, 7) is 3.76. The molecule has 2 aromatic rings. The first-order chi connectivity index (χ1) is 15.1. The van der Waals surface area contributed by atoms with E-state index in [9.17, 15) is 18.0 Å². The topological polar surface area (TPSA) is 152 Å². The number of hydrogen-bond acceptors (Lipinski definition) is 7. The number of benzene rings is 1. The number of amides is 2. The first-order valence-corrected chi connectivity index (χ1v) is 11.2. The zero-order valence-corrected chi connectivity index (χ0v) is 18.7. The third kappa shape index (κ3) is 4.94. The first kappa shape index (κ1) is 23.3. The predicted molar refractivity (Wildman–Crippen MR) is 115 cm³/mol. The van der Waals surface area contributed by atoms with Crippen molar-refractivity contribution in [3.8, 4) is 5.75 Å². The fraction of sp³-hybridized carbons (Fsp3) is 0.421. The van der Waals surface area contributed by atoms with Crippen molar-refractivity contribution in [2.45, 2.75) is 31.4 Å². The van der Waals surface area contributed by atoms with Gasteiger partial charge in [0.2, 0.25) is 5.91 Å². The van der Waals surface area contributed by atoms with Crippen LogP contribution in [0, 0.1) is 6.92 Å². The number of fused-ring (bicyclic) bond motifs is 1. The molecule has 1 aromatic carbocycles. The van der Waals surface area contributed by atoms with E-state index in [0.29, 0.717) is 18.8 Å². The molecule has 1 aliphatic heterocycles. The molecule has 0 saturated carbocycles. The van der Waals surface area contributed by atoms with Gasteiger partial charge in [0.15, 0.2) is 0 Å². The van der Waals surface area contributed by atoms with E-state index in [1.54, 1.807) is 14.0 Å². The van der Waals surface area contributed by atoms with Crippen LogP contribution in [0.3, 0.4) is 0 Å². The lowest BCUT2D eigenvalue weighted by Crippen LogP contribution is -2.48. The molecule has 1 unspecified atom stereocenters. The standard InChI is InChI=1S/C19H25N5O7S/c1-12-18(10-21-23(12)6-7-30-3)32(28,29)24-11-15(9-20-13(2)25)31-17-5-4-14(8-16(17)24)22-19(26)27/h4-5,8,10,15,22H,6-7,9,11H2,1-3H3,(H,20,25)(H,26,27). The van der Waals surface area contributed by atoms with Crippen LogP contribution >= 0.6 is 0 Å². The monoisotopic (exact) mass is 467 g/mol. The summed E-state index contributed by atoms with van der Waals surface area (Å²) in [6, 6.07) is 4.34. The van der Waals surface area contributed by atoms with Gasteiger partial charge in [-0.3, -0.25) is 19.1 Å². The molecule has 0 spiro atoms. The number of anilines is 2. The first-order valence-electron chi connectivity index (χ1n) is 9.72. The second-order valence-corrected chi connectivity index (χ2v) is 8.97. The smallest absolute Gasteiger partial charge is 0.409 e. The fourth-order valence-corrected chi connectivity index (χ4v) is 4.97. The highest BCUT2D eigenvalue weighted by molar-refractivity contribution is 7.92. The lowest BCUT2D eigenvalue weighted by molar-refractivity contribution is -0.119. The zero-order chi connectivity index (χ0) is 23.5. The Labute approximate surface area is 185 Å². The van der Waals surface area contributed by atoms with E-state index in [1.807, 2.05) is 0 Å². The van der Waals surface area contributed by atoms with Crippen molar-refractivity contribution < 1.29 is 32.6 Å². The highest BCUT2D eigenvalue weighted by atomic mass is 32.2. The highest BCUT2D eigenvalue weighted by Gasteiger charge is 2.36. The molecule has 2 amide bonds. The third-order valence-corrected chi connectivity index (χ3v) is 6.74. The Balaban J connectivity index is 2.02. The average Bonchev–Trinajstić information content (AvgIpc) is 3.10. The van der Waals surface area contributed by atoms with Crippen molar-refractivity contribution in [2.75, 3.05) is 36.4 Å². The Hall–Kier alpha value is -3.32. The SMILES string of the molecule is COCCn1ncc(S(=O)(=O)N2CC(CNC(C)=O)Oc3ccc(NC(=O)O)cc32)c1C. The number of aromatic nitrogens is 2. The molecule has 0 aliphatic carbocycles. The summed E-state index contributed by atoms with van der Waals surface area (Å²) < 4.78 is 40.9. The highest BCUT2D eigenvalue weighted by Crippen LogP contribution is 2.39. The number of nitrogens with one attached hydrogen (secondary N) is 2. The van der Waals surface area contributed by atoms with Crippen molar-refractivity contribution in [1.82, 2.24) is 15.1 Å². The minimum Gasteiger partial charge on any atom is -0.484 e. The Kier molecular flexibility index (Phi) is 6.89. The quantitative estimate of drug-likeness (QED) is 0.520. The van der Waals surface area contributed by atoms with Crippen LogP contribution in [0.15, 0.2) is 29.3 Å². The molecule has 0 bridgehead atoms. The average molecular weight is 468 g/mol. The van der Waals surface area contributed by atoms with E-state index in [1.165, 1.54) is 36.0 Å². The van der Waals surface area contributed by atoms with E-state index >= 15 is 0 Å². The predicted octanol–water partition coefficient (Wildman–Crippen LogP) is 1.02. The molecule has 3 rings (SSSR count). The number of methoxy groups -OCH3 is 1. The van der Waals surface area contributed by atoms with Gasteiger partial charge in [0.1, 0.15) is 16.7 Å². The molecule has 174 valence electrons. The maximum Gasteiger partial charge on any atom is 0.409 e. The molecule has 0 radical (unpaired) electrons. The molecule has 12 nitrogen and oxygen atoms in total. The van der Waals surface area contributed by atoms with Gasteiger partial charge in [-0.25, -0.2) is 13.2 Å². The van der Waals surface area contributed by atoms with Gasteiger partial charge in [0.05, 0.1) is 43.8 Å². The van der Waals surface area contributed by atoms with Crippen LogP contribution in [-0.2, 0) is 26.1 Å². The molecule has 1 aromatic heterocycles. The van der Waals surface area contributed by atoms with Gasteiger partial charge in [-0.2, -0.15) is 5.10 Å². The number of carbonyl (C=O) groups is 2. The Morgan fingerprint density at radius 3 is 2.78 bits per heavy atom. The number of ether oxygens (including phenoxy) is 2. The molecular formula is C19H25N5O7S. The molecule has 3 N–H and O–H groups in total. The summed E-state index contributed by atoms with van der Waals surface area (Å²) in [5, 5.41) is 18.0. The number of rotatable bonds is 8. The second kappa shape index (κ2) is 9.44. The van der Waals surface area contributed by atoms with E-state index in [-0.39, 0.29) is 41.0 Å². The lowest BCUT2D eigenvalue weighted by Gasteiger charge is -2.35. The van der Waals surface area contributed by atoms with Crippen molar-refractivity contribution in [2.24, 2.45) is 0 Å². The summed E-state index contributed by atoms with van der Waals surface area (Å²) >= 11 is 0. The van der Waals surface area contributed by atoms with Crippen LogP contribution in [0.1, 0.15) is 12.6 Å². The van der Waals surface area contributed by atoms with Crippen LogP contribution in [0.4, 0.5) is 16.2 Å². The van der Waals surface area contributed by atoms with Crippen molar-refractivity contribution >= 4 is 33.4 Å².